The first-order chi connectivity index (χ1) is 9.97. The fourth-order valence-electron chi connectivity index (χ4n) is 1.86. The van der Waals surface area contributed by atoms with Crippen LogP contribution in [0.5, 0.6) is 0 Å². The lowest BCUT2D eigenvalue weighted by Gasteiger charge is -2.10. The number of Topliss-reactive ketones (excluding diaryl/α,β-unsaturated/α-hetero) is 1. The maximum Gasteiger partial charge on any atom is 0.224 e. The molecule has 1 aromatic carbocycles. The second kappa shape index (κ2) is 8.42. The zero-order chi connectivity index (χ0) is 15.8. The van der Waals surface area contributed by atoms with Crippen molar-refractivity contribution < 1.29 is 14.8 Å². The normalized spacial score (nSPS) is 12.8. The number of anilines is 1. The predicted molar refractivity (Wildman–Crippen MR) is 83.0 cm³/mol. The zero-order valence-electron chi connectivity index (χ0n) is 12.1. The van der Waals surface area contributed by atoms with Gasteiger partial charge in [0.1, 0.15) is 5.78 Å². The summed E-state index contributed by atoms with van der Waals surface area (Å²) in [5, 5.41) is 15.2. The van der Waals surface area contributed by atoms with E-state index in [-0.39, 0.29) is 24.5 Å². The second-order valence-corrected chi connectivity index (χ2v) is 5.12. The van der Waals surface area contributed by atoms with Gasteiger partial charge in [0, 0.05) is 23.6 Å². The van der Waals surface area contributed by atoms with E-state index in [0.29, 0.717) is 22.8 Å². The molecular formula is C15H19ClN2O3. The lowest BCUT2D eigenvalue weighted by molar-refractivity contribution is -0.124. The number of nitrogens with zero attached hydrogens (tertiary/aromatic N) is 1. The highest BCUT2D eigenvalue weighted by Gasteiger charge is 2.19. The van der Waals surface area contributed by atoms with Crippen LogP contribution < -0.4 is 5.32 Å². The summed E-state index contributed by atoms with van der Waals surface area (Å²) in [7, 11) is 0. The highest BCUT2D eigenvalue weighted by Crippen LogP contribution is 2.14. The number of oxime groups is 1. The van der Waals surface area contributed by atoms with Gasteiger partial charge in [-0.3, -0.25) is 9.59 Å². The monoisotopic (exact) mass is 310 g/mol. The first-order valence-corrected chi connectivity index (χ1v) is 7.14. The maximum atomic E-state index is 11.9. The van der Waals surface area contributed by atoms with E-state index in [1.54, 1.807) is 31.2 Å². The number of hydrogen-bond donors (Lipinski definition) is 2. The molecule has 1 unspecified atom stereocenters. The molecule has 5 nitrogen and oxygen atoms in total. The summed E-state index contributed by atoms with van der Waals surface area (Å²) in [6.45, 7) is 3.49. The summed E-state index contributed by atoms with van der Waals surface area (Å²) in [5.74, 6) is -0.823. The number of carbonyl (C=O) groups excluding carboxylic acids is 2. The van der Waals surface area contributed by atoms with E-state index in [1.807, 2.05) is 6.92 Å². The quantitative estimate of drug-likeness (QED) is 0.459. The summed E-state index contributed by atoms with van der Waals surface area (Å²) in [6, 6.07) is 6.74. The number of benzene rings is 1. The molecule has 0 heterocycles. The molecule has 1 aromatic rings. The van der Waals surface area contributed by atoms with Gasteiger partial charge < -0.3 is 10.5 Å². The predicted octanol–water partition coefficient (Wildman–Crippen LogP) is 3.50. The van der Waals surface area contributed by atoms with E-state index in [9.17, 15) is 9.59 Å². The fourth-order valence-corrected chi connectivity index (χ4v) is 1.99. The molecule has 114 valence electrons. The topological polar surface area (TPSA) is 78.8 Å². The van der Waals surface area contributed by atoms with Crippen molar-refractivity contribution in [2.75, 3.05) is 5.32 Å². The van der Waals surface area contributed by atoms with Gasteiger partial charge in [0.2, 0.25) is 5.91 Å². The number of hydrogen-bond acceptors (Lipinski definition) is 4. The minimum absolute atomic E-state index is 0.0915. The van der Waals surface area contributed by atoms with Gasteiger partial charge in [-0.05, 0) is 30.7 Å². The van der Waals surface area contributed by atoms with Gasteiger partial charge >= 0.3 is 0 Å². The Balaban J connectivity index is 2.46. The molecule has 21 heavy (non-hydrogen) atoms. The van der Waals surface area contributed by atoms with Crippen LogP contribution in [0.1, 0.15) is 33.1 Å². The van der Waals surface area contributed by atoms with E-state index in [0.717, 1.165) is 0 Å². The highest BCUT2D eigenvalue weighted by molar-refractivity contribution is 6.30. The van der Waals surface area contributed by atoms with E-state index in [2.05, 4.69) is 10.5 Å². The van der Waals surface area contributed by atoms with Crippen molar-refractivity contribution in [3.63, 3.8) is 0 Å². The van der Waals surface area contributed by atoms with Crippen molar-refractivity contribution in [2.24, 2.45) is 11.1 Å². The molecule has 1 amide bonds. The molecule has 0 aliphatic rings. The molecule has 2 N–H and O–H groups in total. The third-order valence-electron chi connectivity index (χ3n) is 3.20. The number of halogens is 1. The SMILES string of the molecule is CC/C(=N\O)C(C)C(=O)CCC(=O)Nc1ccc(Cl)cc1. The van der Waals surface area contributed by atoms with Gasteiger partial charge in [0.25, 0.3) is 0 Å². The van der Waals surface area contributed by atoms with Gasteiger partial charge in [-0.25, -0.2) is 0 Å². The van der Waals surface area contributed by atoms with E-state index in [1.165, 1.54) is 0 Å². The molecule has 0 bridgehead atoms. The number of ketones is 1. The van der Waals surface area contributed by atoms with Crippen molar-refractivity contribution in [3.8, 4) is 0 Å². The molecule has 0 aliphatic heterocycles. The van der Waals surface area contributed by atoms with Gasteiger partial charge in [-0.2, -0.15) is 0 Å². The molecule has 0 fully saturated rings. The molecule has 0 saturated heterocycles. The van der Waals surface area contributed by atoms with Crippen molar-refractivity contribution in [1.82, 2.24) is 0 Å². The average Bonchev–Trinajstić information content (AvgIpc) is 2.48. The Hall–Kier alpha value is -1.88. The highest BCUT2D eigenvalue weighted by atomic mass is 35.5. The molecule has 6 heteroatoms. The van der Waals surface area contributed by atoms with Crippen LogP contribution in [0.25, 0.3) is 0 Å². The molecule has 0 aromatic heterocycles. The number of rotatable bonds is 7. The minimum Gasteiger partial charge on any atom is -0.411 e. The second-order valence-electron chi connectivity index (χ2n) is 4.69. The first kappa shape index (κ1) is 17.2. The Kier molecular flexibility index (Phi) is 6.88. The Bertz CT molecular complexity index is 526. The van der Waals surface area contributed by atoms with Crippen LogP contribution in [0.3, 0.4) is 0 Å². The largest absolute Gasteiger partial charge is 0.411 e. The van der Waals surface area contributed by atoms with Crippen LogP contribution in [-0.2, 0) is 9.59 Å². The smallest absolute Gasteiger partial charge is 0.224 e. The summed E-state index contributed by atoms with van der Waals surface area (Å²) >= 11 is 5.75. The van der Waals surface area contributed by atoms with Gasteiger partial charge in [0.15, 0.2) is 0 Å². The Morgan fingerprint density at radius 2 is 1.90 bits per heavy atom. The molecule has 0 saturated carbocycles. The summed E-state index contributed by atoms with van der Waals surface area (Å²) < 4.78 is 0. The van der Waals surface area contributed by atoms with Crippen LogP contribution in [0.4, 0.5) is 5.69 Å². The first-order valence-electron chi connectivity index (χ1n) is 6.76. The van der Waals surface area contributed by atoms with Crippen LogP contribution in [0.2, 0.25) is 5.02 Å². The molecule has 0 radical (unpaired) electrons. The van der Waals surface area contributed by atoms with Gasteiger partial charge in [-0.1, -0.05) is 30.6 Å². The van der Waals surface area contributed by atoms with E-state index >= 15 is 0 Å². The van der Waals surface area contributed by atoms with Crippen LogP contribution in [0.15, 0.2) is 29.4 Å². The van der Waals surface area contributed by atoms with Gasteiger partial charge in [0.05, 0.1) is 11.6 Å². The van der Waals surface area contributed by atoms with Crippen LogP contribution in [-0.4, -0.2) is 22.6 Å². The lowest BCUT2D eigenvalue weighted by Crippen LogP contribution is -2.22. The molecular weight excluding hydrogens is 292 g/mol. The number of nitrogens with one attached hydrogen (secondary N) is 1. The van der Waals surface area contributed by atoms with Gasteiger partial charge in [-0.15, -0.1) is 0 Å². The third kappa shape index (κ3) is 5.55. The van der Waals surface area contributed by atoms with E-state index < -0.39 is 5.92 Å². The number of amides is 1. The molecule has 0 aliphatic carbocycles. The molecule has 1 rings (SSSR count). The molecule has 1 atom stereocenters. The lowest BCUT2D eigenvalue weighted by atomic mass is 9.95. The zero-order valence-corrected chi connectivity index (χ0v) is 12.9. The Morgan fingerprint density at radius 1 is 1.29 bits per heavy atom. The van der Waals surface area contributed by atoms with Crippen molar-refractivity contribution in [1.29, 1.82) is 0 Å². The van der Waals surface area contributed by atoms with E-state index in [4.69, 9.17) is 16.8 Å². The number of carbonyl (C=O) groups is 2. The summed E-state index contributed by atoms with van der Waals surface area (Å²) in [4.78, 5) is 23.7. The average molecular weight is 311 g/mol. The van der Waals surface area contributed by atoms with Crippen LogP contribution in [0, 0.1) is 5.92 Å². The standard InChI is InChI=1S/C15H19ClN2O3/c1-3-13(18-21)10(2)14(19)8-9-15(20)17-12-6-4-11(16)5-7-12/h4-7,10,21H,3,8-9H2,1-2H3,(H,17,20)/b18-13+. The minimum atomic E-state index is -0.469. The van der Waals surface area contributed by atoms with Crippen molar-refractivity contribution in [3.05, 3.63) is 29.3 Å². The Labute approximate surface area is 129 Å². The Morgan fingerprint density at radius 3 is 2.43 bits per heavy atom. The van der Waals surface area contributed by atoms with Crippen molar-refractivity contribution in [2.45, 2.75) is 33.1 Å². The molecule has 0 spiro atoms. The summed E-state index contributed by atoms with van der Waals surface area (Å²) in [6.07, 6.45) is 0.703. The van der Waals surface area contributed by atoms with Crippen molar-refractivity contribution >= 4 is 34.7 Å². The maximum absolute atomic E-state index is 11.9. The third-order valence-corrected chi connectivity index (χ3v) is 3.45. The fraction of sp³-hybridized carbons (Fsp3) is 0.400. The summed E-state index contributed by atoms with van der Waals surface area (Å²) in [5.41, 5.74) is 1.06. The van der Waals surface area contributed by atoms with Crippen LogP contribution >= 0.6 is 11.6 Å².